The first kappa shape index (κ1) is 10.1. The van der Waals surface area contributed by atoms with E-state index in [1.807, 2.05) is 36.1 Å². The van der Waals surface area contributed by atoms with Crippen LogP contribution in [0.4, 0.5) is 0 Å². The molecule has 0 saturated carbocycles. The maximum absolute atomic E-state index is 5.11. The highest BCUT2D eigenvalue weighted by atomic mass is 16.7. The standard InChI is InChI=1S/C9H16N2O2/c1-8(9(12-2)13-3)10-11-6-4-5-7-11/h4-10H,1-3H3. The zero-order valence-electron chi connectivity index (χ0n) is 8.23. The van der Waals surface area contributed by atoms with Crippen LogP contribution < -0.4 is 5.43 Å². The average Bonchev–Trinajstić information content (AvgIpc) is 2.59. The second kappa shape index (κ2) is 4.89. The third-order valence-corrected chi connectivity index (χ3v) is 1.83. The van der Waals surface area contributed by atoms with Crippen LogP contribution in [0.5, 0.6) is 0 Å². The molecule has 1 aromatic heterocycles. The third-order valence-electron chi connectivity index (χ3n) is 1.83. The minimum Gasteiger partial charge on any atom is -0.354 e. The second-order valence-electron chi connectivity index (χ2n) is 2.85. The largest absolute Gasteiger partial charge is 0.354 e. The molecule has 0 amide bonds. The van der Waals surface area contributed by atoms with E-state index in [9.17, 15) is 0 Å². The lowest BCUT2D eigenvalue weighted by Crippen LogP contribution is -2.37. The summed E-state index contributed by atoms with van der Waals surface area (Å²) in [7, 11) is 3.25. The van der Waals surface area contributed by atoms with Gasteiger partial charge in [-0.25, -0.2) is 0 Å². The molecule has 1 aromatic rings. The Kier molecular flexibility index (Phi) is 3.79. The van der Waals surface area contributed by atoms with Gasteiger partial charge in [0.05, 0.1) is 6.04 Å². The molecule has 1 heterocycles. The predicted octanol–water partition coefficient (Wildman–Crippen LogP) is 1.04. The zero-order chi connectivity index (χ0) is 9.68. The summed E-state index contributed by atoms with van der Waals surface area (Å²) in [6.07, 6.45) is 3.62. The summed E-state index contributed by atoms with van der Waals surface area (Å²) < 4.78 is 12.1. The first-order chi connectivity index (χ1) is 6.27. The molecule has 0 aliphatic heterocycles. The van der Waals surface area contributed by atoms with Crippen molar-refractivity contribution < 1.29 is 9.47 Å². The Morgan fingerprint density at radius 3 is 2.15 bits per heavy atom. The molecule has 0 aliphatic rings. The molecule has 74 valence electrons. The monoisotopic (exact) mass is 184 g/mol. The second-order valence-corrected chi connectivity index (χ2v) is 2.85. The van der Waals surface area contributed by atoms with E-state index in [-0.39, 0.29) is 12.3 Å². The van der Waals surface area contributed by atoms with Crippen LogP contribution in [0.3, 0.4) is 0 Å². The van der Waals surface area contributed by atoms with Crippen molar-refractivity contribution in [2.75, 3.05) is 19.6 Å². The molecule has 4 heteroatoms. The molecule has 1 unspecified atom stereocenters. The van der Waals surface area contributed by atoms with Crippen LogP contribution >= 0.6 is 0 Å². The van der Waals surface area contributed by atoms with Crippen molar-refractivity contribution in [1.29, 1.82) is 0 Å². The molecule has 0 spiro atoms. The number of hydrogen-bond acceptors (Lipinski definition) is 3. The lowest BCUT2D eigenvalue weighted by Gasteiger charge is -2.23. The summed E-state index contributed by atoms with van der Waals surface area (Å²) in [5.74, 6) is 0. The van der Waals surface area contributed by atoms with Gasteiger partial charge in [0.15, 0.2) is 6.29 Å². The normalized spacial score (nSPS) is 13.2. The van der Waals surface area contributed by atoms with Crippen LogP contribution in [0.25, 0.3) is 0 Å². The Bertz CT molecular complexity index is 220. The highest BCUT2D eigenvalue weighted by Gasteiger charge is 2.14. The van der Waals surface area contributed by atoms with Crippen LogP contribution in [0, 0.1) is 0 Å². The van der Waals surface area contributed by atoms with E-state index in [1.165, 1.54) is 0 Å². The fraction of sp³-hybridized carbons (Fsp3) is 0.556. The third kappa shape index (κ3) is 2.75. The Morgan fingerprint density at radius 2 is 1.69 bits per heavy atom. The van der Waals surface area contributed by atoms with Crippen LogP contribution in [0.2, 0.25) is 0 Å². The van der Waals surface area contributed by atoms with Gasteiger partial charge in [0, 0.05) is 26.6 Å². The van der Waals surface area contributed by atoms with Crippen molar-refractivity contribution in [3.8, 4) is 0 Å². The Morgan fingerprint density at radius 1 is 1.15 bits per heavy atom. The van der Waals surface area contributed by atoms with Crippen LogP contribution in [-0.4, -0.2) is 31.2 Å². The van der Waals surface area contributed by atoms with Gasteiger partial charge in [0.25, 0.3) is 0 Å². The molecule has 1 rings (SSSR count). The summed E-state index contributed by atoms with van der Waals surface area (Å²) in [6, 6.07) is 4.00. The maximum atomic E-state index is 5.11. The van der Waals surface area contributed by atoms with E-state index in [2.05, 4.69) is 5.43 Å². The van der Waals surface area contributed by atoms with Crippen molar-refractivity contribution >= 4 is 0 Å². The minimum atomic E-state index is -0.234. The molecule has 0 aromatic carbocycles. The summed E-state index contributed by atoms with van der Waals surface area (Å²) in [6.45, 7) is 2.00. The van der Waals surface area contributed by atoms with E-state index in [1.54, 1.807) is 14.2 Å². The lowest BCUT2D eigenvalue weighted by atomic mass is 10.3. The van der Waals surface area contributed by atoms with E-state index in [4.69, 9.17) is 9.47 Å². The summed E-state index contributed by atoms with van der Waals surface area (Å²) in [4.78, 5) is 0. The fourth-order valence-electron chi connectivity index (χ4n) is 1.22. The van der Waals surface area contributed by atoms with Gasteiger partial charge in [0.1, 0.15) is 0 Å². The van der Waals surface area contributed by atoms with Crippen molar-refractivity contribution in [2.24, 2.45) is 0 Å². The fourth-order valence-corrected chi connectivity index (χ4v) is 1.22. The highest BCUT2D eigenvalue weighted by Crippen LogP contribution is 2.00. The molecular weight excluding hydrogens is 168 g/mol. The number of rotatable bonds is 5. The molecule has 0 radical (unpaired) electrons. The number of hydrogen-bond donors (Lipinski definition) is 1. The van der Waals surface area contributed by atoms with Gasteiger partial charge in [0.2, 0.25) is 0 Å². The van der Waals surface area contributed by atoms with Crippen molar-refractivity contribution in [3.05, 3.63) is 24.5 Å². The average molecular weight is 184 g/mol. The first-order valence-corrected chi connectivity index (χ1v) is 4.23. The molecule has 0 bridgehead atoms. The van der Waals surface area contributed by atoms with Crippen molar-refractivity contribution in [1.82, 2.24) is 4.68 Å². The number of aromatic nitrogens is 1. The topological polar surface area (TPSA) is 35.4 Å². The maximum Gasteiger partial charge on any atom is 0.178 e. The molecule has 1 N–H and O–H groups in total. The van der Waals surface area contributed by atoms with Gasteiger partial charge in [-0.1, -0.05) is 0 Å². The summed E-state index contributed by atoms with van der Waals surface area (Å²) in [5, 5.41) is 0. The van der Waals surface area contributed by atoms with Gasteiger partial charge in [-0.2, -0.15) is 0 Å². The van der Waals surface area contributed by atoms with E-state index in [0.717, 1.165) is 0 Å². The van der Waals surface area contributed by atoms with E-state index in [0.29, 0.717) is 0 Å². The van der Waals surface area contributed by atoms with Crippen LogP contribution in [-0.2, 0) is 9.47 Å². The van der Waals surface area contributed by atoms with Crippen LogP contribution in [0.15, 0.2) is 24.5 Å². The summed E-state index contributed by atoms with van der Waals surface area (Å²) in [5.41, 5.74) is 3.19. The molecule has 1 atom stereocenters. The molecular formula is C9H16N2O2. The van der Waals surface area contributed by atoms with E-state index < -0.39 is 0 Å². The number of nitrogens with zero attached hydrogens (tertiary/aromatic N) is 1. The van der Waals surface area contributed by atoms with Gasteiger partial charge < -0.3 is 14.9 Å². The zero-order valence-corrected chi connectivity index (χ0v) is 8.23. The highest BCUT2D eigenvalue weighted by molar-refractivity contribution is 4.95. The van der Waals surface area contributed by atoms with Crippen molar-refractivity contribution in [2.45, 2.75) is 19.3 Å². The van der Waals surface area contributed by atoms with Crippen molar-refractivity contribution in [3.63, 3.8) is 0 Å². The Balaban J connectivity index is 2.44. The lowest BCUT2D eigenvalue weighted by molar-refractivity contribution is -0.111. The van der Waals surface area contributed by atoms with E-state index >= 15 is 0 Å². The Labute approximate surface area is 78.4 Å². The SMILES string of the molecule is COC(OC)C(C)Nn1cccc1. The Hall–Kier alpha value is -1.00. The van der Waals surface area contributed by atoms with Gasteiger partial charge in [-0.05, 0) is 19.1 Å². The summed E-state index contributed by atoms with van der Waals surface area (Å²) >= 11 is 0. The van der Waals surface area contributed by atoms with Crippen LogP contribution in [0.1, 0.15) is 6.92 Å². The molecule has 0 aliphatic carbocycles. The smallest absolute Gasteiger partial charge is 0.178 e. The van der Waals surface area contributed by atoms with Gasteiger partial charge >= 0.3 is 0 Å². The number of methoxy groups -OCH3 is 2. The first-order valence-electron chi connectivity index (χ1n) is 4.23. The minimum absolute atomic E-state index is 0.0994. The van der Waals surface area contributed by atoms with Gasteiger partial charge in [-0.15, -0.1) is 0 Å². The molecule has 0 fully saturated rings. The quantitative estimate of drug-likeness (QED) is 0.694. The van der Waals surface area contributed by atoms with Gasteiger partial charge in [-0.3, -0.25) is 4.68 Å². The number of nitrogens with one attached hydrogen (secondary N) is 1. The molecule has 13 heavy (non-hydrogen) atoms. The predicted molar refractivity (Wildman–Crippen MR) is 51.1 cm³/mol. The molecule has 0 saturated heterocycles. The molecule has 4 nitrogen and oxygen atoms in total. The number of ether oxygens (including phenoxy) is 2.